The molecular formula is C11H20O4S. The molecule has 94 valence electrons. The maximum Gasteiger partial charge on any atom is 0.318 e. The van der Waals surface area contributed by atoms with E-state index in [0.717, 1.165) is 31.6 Å². The molecule has 0 aromatic heterocycles. The molecule has 1 unspecified atom stereocenters. The van der Waals surface area contributed by atoms with Gasteiger partial charge >= 0.3 is 5.97 Å². The third-order valence-electron chi connectivity index (χ3n) is 2.86. The molecule has 0 aromatic carbocycles. The molecule has 1 N–H and O–H groups in total. The zero-order chi connectivity index (χ0) is 12.0. The summed E-state index contributed by atoms with van der Waals surface area (Å²) in [6.45, 7) is 2.05. The first kappa shape index (κ1) is 13.6. The van der Waals surface area contributed by atoms with E-state index < -0.39 is 16.8 Å². The molecule has 1 aliphatic carbocycles. The van der Waals surface area contributed by atoms with Crippen molar-refractivity contribution in [2.24, 2.45) is 5.92 Å². The molecule has 0 bridgehead atoms. The second kappa shape index (κ2) is 7.01. The van der Waals surface area contributed by atoms with E-state index in [9.17, 15) is 9.00 Å². The van der Waals surface area contributed by atoms with Gasteiger partial charge in [-0.15, -0.1) is 0 Å². The Kier molecular flexibility index (Phi) is 5.98. The first-order valence-electron chi connectivity index (χ1n) is 5.77. The predicted octanol–water partition coefficient (Wildman–Crippen LogP) is 0.849. The fourth-order valence-electron chi connectivity index (χ4n) is 1.87. The number of carbonyl (C=O) groups is 1. The van der Waals surface area contributed by atoms with Gasteiger partial charge < -0.3 is 9.84 Å². The lowest BCUT2D eigenvalue weighted by Gasteiger charge is -2.25. The lowest BCUT2D eigenvalue weighted by molar-refractivity contribution is -0.147. The summed E-state index contributed by atoms with van der Waals surface area (Å²) in [7, 11) is -1.29. The molecule has 0 heterocycles. The number of aliphatic hydroxyl groups excluding tert-OH is 1. The quantitative estimate of drug-likeness (QED) is 0.733. The molecule has 0 amide bonds. The van der Waals surface area contributed by atoms with Crippen LogP contribution < -0.4 is 0 Å². The van der Waals surface area contributed by atoms with Crippen LogP contribution in [0.2, 0.25) is 0 Å². The number of aliphatic hydroxyl groups is 1. The predicted molar refractivity (Wildman–Crippen MR) is 62.5 cm³/mol. The van der Waals surface area contributed by atoms with E-state index in [2.05, 4.69) is 6.92 Å². The molecule has 0 radical (unpaired) electrons. The van der Waals surface area contributed by atoms with Crippen molar-refractivity contribution in [2.45, 2.75) is 38.7 Å². The number of carbonyl (C=O) groups excluding carboxylic acids is 1. The highest BCUT2D eigenvalue weighted by atomic mass is 32.2. The van der Waals surface area contributed by atoms with E-state index in [4.69, 9.17) is 9.84 Å². The van der Waals surface area contributed by atoms with Crippen LogP contribution >= 0.6 is 0 Å². The summed E-state index contributed by atoms with van der Waals surface area (Å²) in [5.74, 6) is 0.383. The smallest absolute Gasteiger partial charge is 0.318 e. The molecule has 0 aromatic rings. The topological polar surface area (TPSA) is 63.6 Å². The minimum atomic E-state index is -1.29. The molecule has 0 spiro atoms. The zero-order valence-corrected chi connectivity index (χ0v) is 10.5. The monoisotopic (exact) mass is 248 g/mol. The van der Waals surface area contributed by atoms with E-state index in [-0.39, 0.29) is 24.2 Å². The Morgan fingerprint density at radius 3 is 2.56 bits per heavy atom. The normalized spacial score (nSPS) is 27.4. The van der Waals surface area contributed by atoms with Gasteiger partial charge in [0.1, 0.15) is 11.9 Å². The first-order valence-corrected chi connectivity index (χ1v) is 7.26. The van der Waals surface area contributed by atoms with Crippen LogP contribution in [0.3, 0.4) is 0 Å². The van der Waals surface area contributed by atoms with Gasteiger partial charge in [-0.2, -0.15) is 0 Å². The van der Waals surface area contributed by atoms with E-state index >= 15 is 0 Å². The standard InChI is InChI=1S/C11H20O4S/c1-9-2-4-10(5-3-9)15-11(13)8-16(14)7-6-12/h9-10,12H,2-8H2,1H3. The van der Waals surface area contributed by atoms with Crippen molar-refractivity contribution in [3.63, 3.8) is 0 Å². The summed E-state index contributed by atoms with van der Waals surface area (Å²) < 4.78 is 16.4. The summed E-state index contributed by atoms with van der Waals surface area (Å²) in [6.07, 6.45) is 4.03. The van der Waals surface area contributed by atoms with E-state index in [1.54, 1.807) is 0 Å². The van der Waals surface area contributed by atoms with Crippen LogP contribution in [-0.2, 0) is 20.3 Å². The molecule has 1 aliphatic rings. The number of hydrogen-bond donors (Lipinski definition) is 1. The van der Waals surface area contributed by atoms with Crippen molar-refractivity contribution in [2.75, 3.05) is 18.1 Å². The molecule has 1 saturated carbocycles. The highest BCUT2D eigenvalue weighted by Crippen LogP contribution is 2.25. The van der Waals surface area contributed by atoms with Gasteiger partial charge in [-0.3, -0.25) is 9.00 Å². The maximum atomic E-state index is 11.4. The third kappa shape index (κ3) is 5.07. The van der Waals surface area contributed by atoms with Crippen LogP contribution in [0.1, 0.15) is 32.6 Å². The van der Waals surface area contributed by atoms with Gasteiger partial charge in [0.15, 0.2) is 0 Å². The lowest BCUT2D eigenvalue weighted by atomic mass is 9.89. The van der Waals surface area contributed by atoms with Crippen LogP contribution in [-0.4, -0.2) is 39.5 Å². The van der Waals surface area contributed by atoms with Gasteiger partial charge in [0.25, 0.3) is 0 Å². The number of rotatable bonds is 5. The third-order valence-corrected chi connectivity index (χ3v) is 4.05. The Hall–Kier alpha value is -0.420. The van der Waals surface area contributed by atoms with Crippen molar-refractivity contribution in [3.05, 3.63) is 0 Å². The SMILES string of the molecule is CC1CCC(OC(=O)CS(=O)CCO)CC1. The van der Waals surface area contributed by atoms with Crippen molar-refractivity contribution in [1.82, 2.24) is 0 Å². The Bertz CT molecular complexity index is 246. The van der Waals surface area contributed by atoms with Gasteiger partial charge in [-0.1, -0.05) is 6.92 Å². The summed E-state index contributed by atoms with van der Waals surface area (Å²) in [6, 6.07) is 0. The average molecular weight is 248 g/mol. The fourth-order valence-corrected chi connectivity index (χ4v) is 2.55. The molecule has 1 fully saturated rings. The fraction of sp³-hybridized carbons (Fsp3) is 0.909. The summed E-state index contributed by atoms with van der Waals surface area (Å²) in [5.41, 5.74) is 0. The molecule has 1 rings (SSSR count). The van der Waals surface area contributed by atoms with Gasteiger partial charge in [0.05, 0.1) is 6.61 Å². The zero-order valence-electron chi connectivity index (χ0n) is 9.68. The Morgan fingerprint density at radius 1 is 1.38 bits per heavy atom. The van der Waals surface area contributed by atoms with Crippen LogP contribution in [0.25, 0.3) is 0 Å². The Labute approximate surface area is 98.8 Å². The molecule has 5 heteroatoms. The van der Waals surface area contributed by atoms with Crippen LogP contribution in [0, 0.1) is 5.92 Å². The maximum absolute atomic E-state index is 11.4. The second-order valence-electron chi connectivity index (χ2n) is 4.38. The van der Waals surface area contributed by atoms with Crippen molar-refractivity contribution >= 4 is 16.8 Å². The Morgan fingerprint density at radius 2 is 2.00 bits per heavy atom. The highest BCUT2D eigenvalue weighted by Gasteiger charge is 2.22. The van der Waals surface area contributed by atoms with E-state index in [1.165, 1.54) is 0 Å². The van der Waals surface area contributed by atoms with Crippen molar-refractivity contribution in [3.8, 4) is 0 Å². The van der Waals surface area contributed by atoms with Crippen LogP contribution in [0.5, 0.6) is 0 Å². The molecule has 0 aliphatic heterocycles. The molecule has 4 nitrogen and oxygen atoms in total. The first-order chi connectivity index (χ1) is 7.61. The summed E-state index contributed by atoms with van der Waals surface area (Å²) >= 11 is 0. The summed E-state index contributed by atoms with van der Waals surface area (Å²) in [5, 5.41) is 8.55. The minimum Gasteiger partial charge on any atom is -0.462 e. The largest absolute Gasteiger partial charge is 0.462 e. The van der Waals surface area contributed by atoms with Crippen LogP contribution in [0.15, 0.2) is 0 Å². The van der Waals surface area contributed by atoms with Crippen molar-refractivity contribution in [1.29, 1.82) is 0 Å². The second-order valence-corrected chi connectivity index (χ2v) is 5.96. The molecular weight excluding hydrogens is 228 g/mol. The van der Waals surface area contributed by atoms with E-state index in [1.807, 2.05) is 0 Å². The van der Waals surface area contributed by atoms with E-state index in [0.29, 0.717) is 0 Å². The minimum absolute atomic E-state index is 0.00910. The van der Waals surface area contributed by atoms with Crippen LogP contribution in [0.4, 0.5) is 0 Å². The Balaban J connectivity index is 2.21. The molecule has 0 saturated heterocycles. The molecule has 16 heavy (non-hydrogen) atoms. The van der Waals surface area contributed by atoms with Gasteiger partial charge in [0, 0.05) is 16.6 Å². The van der Waals surface area contributed by atoms with Crippen molar-refractivity contribution < 1.29 is 18.8 Å². The number of ether oxygens (including phenoxy) is 1. The highest BCUT2D eigenvalue weighted by molar-refractivity contribution is 7.85. The lowest BCUT2D eigenvalue weighted by Crippen LogP contribution is -2.26. The number of esters is 1. The number of hydrogen-bond acceptors (Lipinski definition) is 4. The average Bonchev–Trinajstić information content (AvgIpc) is 2.21. The molecule has 1 atom stereocenters. The van der Waals surface area contributed by atoms with Gasteiger partial charge in [0.2, 0.25) is 0 Å². The summed E-state index contributed by atoms with van der Waals surface area (Å²) in [4.78, 5) is 11.4. The van der Waals surface area contributed by atoms with Gasteiger partial charge in [-0.05, 0) is 31.6 Å². The van der Waals surface area contributed by atoms with Gasteiger partial charge in [-0.25, -0.2) is 0 Å².